The molecular formula is C15H14F2N2O2. The molecule has 0 saturated carbocycles. The Kier molecular flexibility index (Phi) is 3.45. The molecule has 0 bridgehead atoms. The SMILES string of the molecule is O=C(O)c1nn(-c2cc(F)cc(F)c2)c2c1CCCCC2. The lowest BCUT2D eigenvalue weighted by molar-refractivity contribution is 0.0688. The fraction of sp³-hybridized carbons (Fsp3) is 0.333. The molecule has 110 valence electrons. The average Bonchev–Trinajstić information content (AvgIpc) is 2.60. The van der Waals surface area contributed by atoms with Crippen molar-refractivity contribution >= 4 is 5.97 Å². The van der Waals surface area contributed by atoms with Gasteiger partial charge in [-0.25, -0.2) is 18.3 Å². The van der Waals surface area contributed by atoms with Crippen LogP contribution in [-0.2, 0) is 12.8 Å². The van der Waals surface area contributed by atoms with E-state index >= 15 is 0 Å². The summed E-state index contributed by atoms with van der Waals surface area (Å²) in [5.41, 5.74) is 1.63. The van der Waals surface area contributed by atoms with E-state index in [-0.39, 0.29) is 11.4 Å². The molecule has 1 aromatic heterocycles. The minimum atomic E-state index is -1.11. The number of nitrogens with zero attached hydrogens (tertiary/aromatic N) is 2. The molecular weight excluding hydrogens is 278 g/mol. The number of benzene rings is 1. The highest BCUT2D eigenvalue weighted by atomic mass is 19.1. The number of fused-ring (bicyclic) bond motifs is 1. The van der Waals surface area contributed by atoms with Crippen molar-refractivity contribution in [3.8, 4) is 5.69 Å². The summed E-state index contributed by atoms with van der Waals surface area (Å²) in [7, 11) is 0. The minimum absolute atomic E-state index is 0.0171. The second-order valence-electron chi connectivity index (χ2n) is 5.18. The van der Waals surface area contributed by atoms with Gasteiger partial charge in [-0.1, -0.05) is 6.42 Å². The Morgan fingerprint density at radius 2 is 1.76 bits per heavy atom. The first-order valence-corrected chi connectivity index (χ1v) is 6.87. The Balaban J connectivity index is 2.20. The number of aromatic nitrogens is 2. The van der Waals surface area contributed by atoms with E-state index in [2.05, 4.69) is 5.10 Å². The first-order chi connectivity index (χ1) is 10.1. The molecule has 4 nitrogen and oxygen atoms in total. The summed E-state index contributed by atoms with van der Waals surface area (Å²) in [5, 5.41) is 13.3. The molecule has 0 saturated heterocycles. The van der Waals surface area contributed by atoms with Gasteiger partial charge in [0.1, 0.15) is 11.6 Å². The molecule has 0 radical (unpaired) electrons. The van der Waals surface area contributed by atoms with Crippen LogP contribution in [0.5, 0.6) is 0 Å². The third-order valence-corrected chi connectivity index (χ3v) is 3.72. The molecule has 0 unspecified atom stereocenters. The number of hydrogen-bond donors (Lipinski definition) is 1. The van der Waals surface area contributed by atoms with Gasteiger partial charge in [-0.05, 0) is 37.8 Å². The molecule has 1 aromatic carbocycles. The second kappa shape index (κ2) is 5.27. The monoisotopic (exact) mass is 292 g/mol. The Hall–Kier alpha value is -2.24. The zero-order valence-corrected chi connectivity index (χ0v) is 11.3. The molecule has 3 rings (SSSR count). The maximum Gasteiger partial charge on any atom is 0.356 e. The van der Waals surface area contributed by atoms with E-state index in [1.54, 1.807) is 0 Å². The molecule has 0 atom stereocenters. The molecule has 21 heavy (non-hydrogen) atoms. The van der Waals surface area contributed by atoms with Crippen LogP contribution in [-0.4, -0.2) is 20.9 Å². The number of aromatic carboxylic acids is 1. The molecule has 1 heterocycles. The topological polar surface area (TPSA) is 55.1 Å². The van der Waals surface area contributed by atoms with E-state index in [1.807, 2.05) is 0 Å². The first kappa shape index (κ1) is 13.7. The number of carbonyl (C=O) groups is 1. The van der Waals surface area contributed by atoms with E-state index in [0.717, 1.165) is 43.2 Å². The van der Waals surface area contributed by atoms with Crippen LogP contribution in [0.4, 0.5) is 8.78 Å². The van der Waals surface area contributed by atoms with Crippen LogP contribution >= 0.6 is 0 Å². The lowest BCUT2D eigenvalue weighted by Gasteiger charge is -2.07. The Bertz CT molecular complexity index is 690. The minimum Gasteiger partial charge on any atom is -0.476 e. The maximum atomic E-state index is 13.4. The van der Waals surface area contributed by atoms with Crippen LogP contribution in [0.3, 0.4) is 0 Å². The van der Waals surface area contributed by atoms with Gasteiger partial charge < -0.3 is 5.11 Å². The summed E-state index contributed by atoms with van der Waals surface area (Å²) >= 11 is 0. The van der Waals surface area contributed by atoms with Crippen molar-refractivity contribution in [3.05, 3.63) is 46.8 Å². The quantitative estimate of drug-likeness (QED) is 0.865. The van der Waals surface area contributed by atoms with Crippen molar-refractivity contribution in [2.75, 3.05) is 0 Å². The average molecular weight is 292 g/mol. The zero-order chi connectivity index (χ0) is 15.0. The third kappa shape index (κ3) is 2.53. The highest BCUT2D eigenvalue weighted by molar-refractivity contribution is 5.87. The van der Waals surface area contributed by atoms with Crippen molar-refractivity contribution in [2.24, 2.45) is 0 Å². The normalized spacial score (nSPS) is 14.6. The third-order valence-electron chi connectivity index (χ3n) is 3.72. The predicted molar refractivity (Wildman–Crippen MR) is 71.7 cm³/mol. The number of hydrogen-bond acceptors (Lipinski definition) is 2. The van der Waals surface area contributed by atoms with Gasteiger partial charge in [0.15, 0.2) is 5.69 Å². The summed E-state index contributed by atoms with van der Waals surface area (Å²) in [6, 6.07) is 3.10. The fourth-order valence-corrected chi connectivity index (χ4v) is 2.82. The molecule has 2 aromatic rings. The fourth-order valence-electron chi connectivity index (χ4n) is 2.82. The van der Waals surface area contributed by atoms with Gasteiger partial charge in [0.25, 0.3) is 0 Å². The van der Waals surface area contributed by atoms with Crippen molar-refractivity contribution in [3.63, 3.8) is 0 Å². The Morgan fingerprint density at radius 1 is 1.10 bits per heavy atom. The second-order valence-corrected chi connectivity index (χ2v) is 5.18. The van der Waals surface area contributed by atoms with Crippen LogP contribution in [0.15, 0.2) is 18.2 Å². The van der Waals surface area contributed by atoms with Gasteiger partial charge in [0.2, 0.25) is 0 Å². The largest absolute Gasteiger partial charge is 0.476 e. The molecule has 1 N–H and O–H groups in total. The summed E-state index contributed by atoms with van der Waals surface area (Å²) in [5.74, 6) is -2.52. The van der Waals surface area contributed by atoms with E-state index in [4.69, 9.17) is 0 Å². The molecule has 1 aliphatic rings. The standard InChI is InChI=1S/C15H14F2N2O2/c16-9-6-10(17)8-11(7-9)19-13-5-3-1-2-4-12(13)14(18-19)15(20)21/h6-8H,1-5H2,(H,20,21). The summed E-state index contributed by atoms with van der Waals surface area (Å²) < 4.78 is 28.2. The van der Waals surface area contributed by atoms with Crippen LogP contribution in [0, 0.1) is 11.6 Å². The number of rotatable bonds is 2. The summed E-state index contributed by atoms with van der Waals surface area (Å²) in [4.78, 5) is 11.3. The Labute approximate surface area is 120 Å². The lowest BCUT2D eigenvalue weighted by Crippen LogP contribution is -2.05. The van der Waals surface area contributed by atoms with E-state index < -0.39 is 17.6 Å². The van der Waals surface area contributed by atoms with Gasteiger partial charge in [-0.2, -0.15) is 5.10 Å². The summed E-state index contributed by atoms with van der Waals surface area (Å²) in [6.07, 6.45) is 4.11. The van der Waals surface area contributed by atoms with Crippen LogP contribution in [0.1, 0.15) is 41.0 Å². The molecule has 0 amide bonds. The van der Waals surface area contributed by atoms with Gasteiger partial charge in [-0.3, -0.25) is 0 Å². The van der Waals surface area contributed by atoms with Gasteiger partial charge >= 0.3 is 5.97 Å². The van der Waals surface area contributed by atoms with E-state index in [1.165, 1.54) is 4.68 Å². The molecule has 0 aliphatic heterocycles. The van der Waals surface area contributed by atoms with Gasteiger partial charge in [0, 0.05) is 17.3 Å². The summed E-state index contributed by atoms with van der Waals surface area (Å²) in [6.45, 7) is 0. The van der Waals surface area contributed by atoms with Crippen LogP contribution < -0.4 is 0 Å². The highest BCUT2D eigenvalue weighted by Gasteiger charge is 2.24. The van der Waals surface area contributed by atoms with Gasteiger partial charge in [0.05, 0.1) is 5.69 Å². The number of carboxylic acids is 1. The van der Waals surface area contributed by atoms with Crippen molar-refractivity contribution < 1.29 is 18.7 Å². The number of halogens is 2. The smallest absolute Gasteiger partial charge is 0.356 e. The zero-order valence-electron chi connectivity index (χ0n) is 11.3. The maximum absolute atomic E-state index is 13.4. The van der Waals surface area contributed by atoms with Gasteiger partial charge in [-0.15, -0.1) is 0 Å². The van der Waals surface area contributed by atoms with Crippen LogP contribution in [0.2, 0.25) is 0 Å². The number of carboxylic acid groups (broad SMARTS) is 1. The molecule has 0 spiro atoms. The van der Waals surface area contributed by atoms with E-state index in [0.29, 0.717) is 18.4 Å². The predicted octanol–water partition coefficient (Wildman–Crippen LogP) is 3.12. The van der Waals surface area contributed by atoms with Crippen LogP contribution in [0.25, 0.3) is 5.69 Å². The Morgan fingerprint density at radius 3 is 2.43 bits per heavy atom. The van der Waals surface area contributed by atoms with Crippen molar-refractivity contribution in [1.82, 2.24) is 9.78 Å². The van der Waals surface area contributed by atoms with Crippen molar-refractivity contribution in [2.45, 2.75) is 32.1 Å². The molecule has 0 fully saturated rings. The van der Waals surface area contributed by atoms with Crippen molar-refractivity contribution in [1.29, 1.82) is 0 Å². The lowest BCUT2D eigenvalue weighted by atomic mass is 10.1. The first-order valence-electron chi connectivity index (χ1n) is 6.87. The molecule has 1 aliphatic carbocycles. The molecule has 6 heteroatoms. The highest BCUT2D eigenvalue weighted by Crippen LogP contribution is 2.27. The van der Waals surface area contributed by atoms with E-state index in [9.17, 15) is 18.7 Å².